The predicted octanol–water partition coefficient (Wildman–Crippen LogP) is 3.38. The van der Waals surface area contributed by atoms with Gasteiger partial charge >= 0.3 is 0 Å². The van der Waals surface area contributed by atoms with Crippen molar-refractivity contribution >= 4 is 0 Å². The van der Waals surface area contributed by atoms with Gasteiger partial charge < -0.3 is 5.11 Å². The number of hydrogen-bond acceptors (Lipinski definition) is 1. The number of hydrogen-bond donors (Lipinski definition) is 1. The van der Waals surface area contributed by atoms with Gasteiger partial charge in [0.25, 0.3) is 0 Å². The van der Waals surface area contributed by atoms with E-state index < -0.39 is 23.6 Å². The maximum absolute atomic E-state index is 13.4. The predicted molar refractivity (Wildman–Crippen MR) is 61.4 cm³/mol. The summed E-state index contributed by atoms with van der Waals surface area (Å²) in [5.41, 5.74) is -0.214. The van der Waals surface area contributed by atoms with Crippen molar-refractivity contribution in [2.75, 3.05) is 0 Å². The molecule has 1 atom stereocenters. The zero-order valence-electron chi connectivity index (χ0n) is 9.41. The normalized spacial score (nSPS) is 12.4. The summed E-state index contributed by atoms with van der Waals surface area (Å²) in [6.45, 7) is 0. The summed E-state index contributed by atoms with van der Waals surface area (Å²) >= 11 is 0. The molecule has 0 aliphatic carbocycles. The van der Waals surface area contributed by atoms with Gasteiger partial charge in [0, 0.05) is 17.5 Å². The van der Waals surface area contributed by atoms with Gasteiger partial charge in [0.05, 0.1) is 6.10 Å². The van der Waals surface area contributed by atoms with Crippen molar-refractivity contribution in [3.05, 3.63) is 71.0 Å². The zero-order valence-corrected chi connectivity index (χ0v) is 9.41. The largest absolute Gasteiger partial charge is 0.388 e. The Morgan fingerprint density at radius 3 is 2.00 bits per heavy atom. The molecule has 0 aromatic heterocycles. The first kappa shape index (κ1) is 12.6. The molecule has 0 aliphatic rings. The van der Waals surface area contributed by atoms with Gasteiger partial charge in [-0.05, 0) is 18.2 Å². The second kappa shape index (κ2) is 5.23. The van der Waals surface area contributed by atoms with Gasteiger partial charge in [0.1, 0.15) is 17.5 Å². The van der Waals surface area contributed by atoms with Crippen molar-refractivity contribution in [2.45, 2.75) is 12.5 Å². The van der Waals surface area contributed by atoms with Gasteiger partial charge in [-0.15, -0.1) is 0 Å². The second-order valence-corrected chi connectivity index (χ2v) is 3.94. The molecule has 1 N–H and O–H groups in total. The maximum atomic E-state index is 13.4. The van der Waals surface area contributed by atoms with Crippen LogP contribution >= 0.6 is 0 Å². The molecule has 2 aromatic rings. The molecule has 0 saturated carbocycles. The highest BCUT2D eigenvalue weighted by atomic mass is 19.1. The summed E-state index contributed by atoms with van der Waals surface area (Å²) in [6.07, 6.45) is -1.59. The first-order valence-electron chi connectivity index (χ1n) is 5.45. The van der Waals surface area contributed by atoms with Crippen molar-refractivity contribution in [2.24, 2.45) is 0 Å². The Bertz CT molecular complexity index is 534. The molecule has 0 radical (unpaired) electrons. The fourth-order valence-corrected chi connectivity index (χ4v) is 1.78. The van der Waals surface area contributed by atoms with Gasteiger partial charge in [0.15, 0.2) is 0 Å². The van der Waals surface area contributed by atoms with Crippen LogP contribution < -0.4 is 0 Å². The van der Waals surface area contributed by atoms with Crippen LogP contribution in [-0.2, 0) is 6.42 Å². The van der Waals surface area contributed by atoms with Crippen LogP contribution in [0.2, 0.25) is 0 Å². The first-order chi connectivity index (χ1) is 8.59. The molecule has 0 aliphatic heterocycles. The quantitative estimate of drug-likeness (QED) is 0.887. The molecular formula is C14H11F3O. The Hall–Kier alpha value is -1.81. The minimum Gasteiger partial charge on any atom is -0.388 e. The minimum atomic E-state index is -1.28. The molecule has 0 fully saturated rings. The molecule has 0 amide bonds. The monoisotopic (exact) mass is 252 g/mol. The van der Waals surface area contributed by atoms with E-state index in [1.54, 1.807) is 6.07 Å². The fraction of sp³-hybridized carbons (Fsp3) is 0.143. The van der Waals surface area contributed by atoms with E-state index in [-0.39, 0.29) is 17.5 Å². The Kier molecular flexibility index (Phi) is 3.67. The van der Waals surface area contributed by atoms with E-state index in [1.165, 1.54) is 24.3 Å². The lowest BCUT2D eigenvalue weighted by Crippen LogP contribution is -2.07. The molecule has 0 heterocycles. The number of benzene rings is 2. The topological polar surface area (TPSA) is 20.2 Å². The third-order valence-electron chi connectivity index (χ3n) is 2.72. The third kappa shape index (κ3) is 2.54. The highest BCUT2D eigenvalue weighted by Gasteiger charge is 2.17. The van der Waals surface area contributed by atoms with E-state index in [0.717, 1.165) is 12.1 Å². The number of rotatable bonds is 3. The molecule has 0 saturated heterocycles. The van der Waals surface area contributed by atoms with Crippen molar-refractivity contribution in [3.63, 3.8) is 0 Å². The smallest absolute Gasteiger partial charge is 0.129 e. The summed E-state index contributed by atoms with van der Waals surface area (Å²) < 4.78 is 40.2. The Labute approximate surface area is 103 Å². The van der Waals surface area contributed by atoms with E-state index in [9.17, 15) is 18.3 Å². The van der Waals surface area contributed by atoms with Gasteiger partial charge in [-0.25, -0.2) is 13.2 Å². The van der Waals surface area contributed by atoms with E-state index in [4.69, 9.17) is 0 Å². The molecule has 2 rings (SSSR count). The van der Waals surface area contributed by atoms with Crippen LogP contribution in [-0.4, -0.2) is 5.11 Å². The first-order valence-corrected chi connectivity index (χ1v) is 5.45. The van der Waals surface area contributed by atoms with Crippen LogP contribution in [0.3, 0.4) is 0 Å². The van der Waals surface area contributed by atoms with E-state index >= 15 is 0 Å². The second-order valence-electron chi connectivity index (χ2n) is 3.94. The molecule has 0 spiro atoms. The number of aliphatic hydroxyl groups excluding tert-OH is 1. The van der Waals surface area contributed by atoms with Crippen molar-refractivity contribution in [3.8, 4) is 0 Å². The molecule has 2 aromatic carbocycles. The van der Waals surface area contributed by atoms with Crippen LogP contribution in [0.15, 0.2) is 42.5 Å². The van der Waals surface area contributed by atoms with E-state index in [2.05, 4.69) is 0 Å². The lowest BCUT2D eigenvalue weighted by atomic mass is 10.0. The fourth-order valence-electron chi connectivity index (χ4n) is 1.78. The molecule has 4 heteroatoms. The van der Waals surface area contributed by atoms with Crippen molar-refractivity contribution in [1.29, 1.82) is 0 Å². The van der Waals surface area contributed by atoms with Gasteiger partial charge in [-0.2, -0.15) is 0 Å². The summed E-state index contributed by atoms with van der Waals surface area (Å²) in [4.78, 5) is 0. The van der Waals surface area contributed by atoms with Crippen LogP contribution in [0.4, 0.5) is 13.2 Å². The van der Waals surface area contributed by atoms with Crippen LogP contribution in [0, 0.1) is 17.5 Å². The average molecular weight is 252 g/mol. The minimum absolute atomic E-state index is 0.0279. The Morgan fingerprint density at radius 2 is 1.39 bits per heavy atom. The zero-order chi connectivity index (χ0) is 13.1. The lowest BCUT2D eigenvalue weighted by Gasteiger charge is -2.13. The van der Waals surface area contributed by atoms with Crippen molar-refractivity contribution < 1.29 is 18.3 Å². The lowest BCUT2D eigenvalue weighted by molar-refractivity contribution is 0.171. The summed E-state index contributed by atoms with van der Waals surface area (Å²) in [5.74, 6) is -2.09. The summed E-state index contributed by atoms with van der Waals surface area (Å²) in [7, 11) is 0. The molecule has 0 bridgehead atoms. The molecule has 94 valence electrons. The van der Waals surface area contributed by atoms with Crippen LogP contribution in [0.5, 0.6) is 0 Å². The SMILES string of the molecule is OC(Cc1c(F)cccc1F)c1ccccc1F. The van der Waals surface area contributed by atoms with Gasteiger partial charge in [-0.1, -0.05) is 24.3 Å². The maximum Gasteiger partial charge on any atom is 0.129 e. The number of aliphatic hydroxyl groups is 1. The standard InChI is InChI=1S/C14H11F3O/c15-11-5-2-1-4-9(11)14(18)8-10-12(16)6-3-7-13(10)17/h1-7,14,18H,8H2. The van der Waals surface area contributed by atoms with E-state index in [1.807, 2.05) is 0 Å². The molecular weight excluding hydrogens is 241 g/mol. The van der Waals surface area contributed by atoms with E-state index in [0.29, 0.717) is 0 Å². The highest BCUT2D eigenvalue weighted by Crippen LogP contribution is 2.23. The van der Waals surface area contributed by atoms with Crippen LogP contribution in [0.25, 0.3) is 0 Å². The Morgan fingerprint density at radius 1 is 0.833 bits per heavy atom. The van der Waals surface area contributed by atoms with Gasteiger partial charge in [-0.3, -0.25) is 0 Å². The van der Waals surface area contributed by atoms with Crippen molar-refractivity contribution in [1.82, 2.24) is 0 Å². The highest BCUT2D eigenvalue weighted by molar-refractivity contribution is 5.25. The summed E-state index contributed by atoms with van der Waals surface area (Å²) in [5, 5.41) is 9.83. The molecule has 18 heavy (non-hydrogen) atoms. The number of halogens is 3. The average Bonchev–Trinajstić information content (AvgIpc) is 2.34. The third-order valence-corrected chi connectivity index (χ3v) is 2.72. The molecule has 1 nitrogen and oxygen atoms in total. The van der Waals surface area contributed by atoms with Crippen LogP contribution in [0.1, 0.15) is 17.2 Å². The Balaban J connectivity index is 2.27. The molecule has 1 unspecified atom stereocenters. The summed E-state index contributed by atoms with van der Waals surface area (Å²) in [6, 6.07) is 9.06. The van der Waals surface area contributed by atoms with Gasteiger partial charge in [0.2, 0.25) is 0 Å².